The summed E-state index contributed by atoms with van der Waals surface area (Å²) in [6.07, 6.45) is 6.08. The van der Waals surface area contributed by atoms with Crippen LogP contribution in [0.4, 0.5) is 5.82 Å². The Morgan fingerprint density at radius 2 is 1.89 bits per heavy atom. The fourth-order valence-electron chi connectivity index (χ4n) is 2.97. The number of hydrogen-bond donors (Lipinski definition) is 4. The van der Waals surface area contributed by atoms with Gasteiger partial charge in [0.2, 0.25) is 5.91 Å². The quantitative estimate of drug-likeness (QED) is 0.208. The Kier molecular flexibility index (Phi) is 5.77. The summed E-state index contributed by atoms with van der Waals surface area (Å²) in [5.41, 5.74) is 2.40. The number of carboxylic acids is 1. The third-order valence-electron chi connectivity index (χ3n) is 4.34. The number of carbonyl (C=O) groups is 2. The Bertz CT molecular complexity index is 990. The first kappa shape index (κ1) is 18.5. The lowest BCUT2D eigenvalue weighted by Crippen LogP contribution is -2.17. The largest absolute Gasteiger partial charge is 0.478 e. The van der Waals surface area contributed by atoms with E-state index in [0.717, 1.165) is 29.0 Å². The van der Waals surface area contributed by atoms with Gasteiger partial charge in [-0.2, -0.15) is 0 Å². The summed E-state index contributed by atoms with van der Waals surface area (Å²) < 4.78 is 0. The van der Waals surface area contributed by atoms with Gasteiger partial charge in [0.1, 0.15) is 5.82 Å². The first-order chi connectivity index (χ1) is 13.1. The SMILES string of the molecule is O=C(CCCCCNc1nc2cc(C(=O)O)ccc2c2cnccc12)NO. The minimum atomic E-state index is -0.994. The highest BCUT2D eigenvalue weighted by atomic mass is 16.5. The van der Waals surface area contributed by atoms with Gasteiger partial charge in [0.25, 0.3) is 0 Å². The summed E-state index contributed by atoms with van der Waals surface area (Å²) in [6.45, 7) is 0.662. The number of aromatic nitrogens is 2. The number of benzene rings is 1. The summed E-state index contributed by atoms with van der Waals surface area (Å²) in [5, 5.41) is 23.6. The maximum atomic E-state index is 11.2. The van der Waals surface area contributed by atoms with E-state index in [1.54, 1.807) is 36.1 Å². The first-order valence-corrected chi connectivity index (χ1v) is 8.67. The van der Waals surface area contributed by atoms with Crippen LogP contribution in [0.2, 0.25) is 0 Å². The predicted molar refractivity (Wildman–Crippen MR) is 101 cm³/mol. The van der Waals surface area contributed by atoms with Crippen molar-refractivity contribution in [1.29, 1.82) is 0 Å². The predicted octanol–water partition coefficient (Wildman–Crippen LogP) is 2.96. The molecular formula is C19H20N4O4. The van der Waals surface area contributed by atoms with Gasteiger partial charge < -0.3 is 10.4 Å². The monoisotopic (exact) mass is 368 g/mol. The Labute approximate surface area is 155 Å². The molecule has 0 bridgehead atoms. The van der Waals surface area contributed by atoms with Crippen LogP contribution in [0.3, 0.4) is 0 Å². The standard InChI is InChI=1S/C19H20N4O4/c24-17(23-27)4-2-1-3-8-21-18-14-7-9-20-11-15(14)13-6-5-12(19(25)26)10-16(13)22-18/h5-7,9-11,27H,1-4,8H2,(H,21,22)(H,23,24)(H,25,26). The number of fused-ring (bicyclic) bond motifs is 3. The van der Waals surface area contributed by atoms with E-state index in [-0.39, 0.29) is 17.9 Å². The average Bonchev–Trinajstić information content (AvgIpc) is 2.69. The molecule has 2 aromatic heterocycles. The number of hydroxylamine groups is 1. The van der Waals surface area contributed by atoms with Gasteiger partial charge in [0.15, 0.2) is 0 Å². The third kappa shape index (κ3) is 4.29. The number of anilines is 1. The van der Waals surface area contributed by atoms with Crippen molar-refractivity contribution in [2.24, 2.45) is 0 Å². The van der Waals surface area contributed by atoms with E-state index in [9.17, 15) is 14.7 Å². The van der Waals surface area contributed by atoms with Gasteiger partial charge in [-0.25, -0.2) is 15.3 Å². The highest BCUT2D eigenvalue weighted by molar-refractivity contribution is 6.10. The Morgan fingerprint density at radius 1 is 1.04 bits per heavy atom. The van der Waals surface area contributed by atoms with Gasteiger partial charge in [0.05, 0.1) is 11.1 Å². The van der Waals surface area contributed by atoms with Crippen LogP contribution in [0, 0.1) is 0 Å². The summed E-state index contributed by atoms with van der Waals surface area (Å²) in [6, 6.07) is 6.75. The average molecular weight is 368 g/mol. The van der Waals surface area contributed by atoms with Crippen molar-refractivity contribution < 1.29 is 19.9 Å². The van der Waals surface area contributed by atoms with E-state index < -0.39 is 5.97 Å². The number of aromatic carboxylic acids is 1. The number of carboxylic acid groups (broad SMARTS) is 1. The number of amides is 1. The van der Waals surface area contributed by atoms with Crippen LogP contribution in [-0.4, -0.2) is 38.7 Å². The molecule has 0 aliphatic heterocycles. The van der Waals surface area contributed by atoms with E-state index >= 15 is 0 Å². The molecule has 0 saturated carbocycles. The lowest BCUT2D eigenvalue weighted by molar-refractivity contribution is -0.129. The van der Waals surface area contributed by atoms with E-state index in [4.69, 9.17) is 5.21 Å². The first-order valence-electron chi connectivity index (χ1n) is 8.67. The molecule has 0 fully saturated rings. The van der Waals surface area contributed by atoms with Crippen molar-refractivity contribution in [2.45, 2.75) is 25.7 Å². The van der Waals surface area contributed by atoms with Crippen LogP contribution in [0.1, 0.15) is 36.0 Å². The molecule has 3 aromatic rings. The molecule has 3 rings (SSSR count). The molecule has 27 heavy (non-hydrogen) atoms. The molecule has 2 heterocycles. The maximum absolute atomic E-state index is 11.2. The van der Waals surface area contributed by atoms with Crippen molar-refractivity contribution in [1.82, 2.24) is 15.4 Å². The smallest absolute Gasteiger partial charge is 0.335 e. The highest BCUT2D eigenvalue weighted by Gasteiger charge is 2.11. The lowest BCUT2D eigenvalue weighted by Gasteiger charge is -2.11. The molecular weight excluding hydrogens is 348 g/mol. The Hall–Kier alpha value is -3.26. The van der Waals surface area contributed by atoms with Crippen LogP contribution in [0.15, 0.2) is 36.7 Å². The second-order valence-electron chi connectivity index (χ2n) is 6.19. The zero-order valence-electron chi connectivity index (χ0n) is 14.6. The van der Waals surface area contributed by atoms with Gasteiger partial charge in [0, 0.05) is 41.5 Å². The molecule has 4 N–H and O–H groups in total. The number of hydrogen-bond acceptors (Lipinski definition) is 6. The Morgan fingerprint density at radius 3 is 2.67 bits per heavy atom. The van der Waals surface area contributed by atoms with Gasteiger partial charge >= 0.3 is 5.97 Å². The van der Waals surface area contributed by atoms with Gasteiger partial charge in [-0.15, -0.1) is 0 Å². The van der Waals surface area contributed by atoms with E-state index in [1.807, 2.05) is 6.07 Å². The molecule has 0 atom stereocenters. The summed E-state index contributed by atoms with van der Waals surface area (Å²) >= 11 is 0. The molecule has 8 nitrogen and oxygen atoms in total. The second kappa shape index (κ2) is 8.41. The molecule has 8 heteroatoms. The van der Waals surface area contributed by atoms with E-state index in [0.29, 0.717) is 24.3 Å². The Balaban J connectivity index is 1.79. The molecule has 1 aromatic carbocycles. The molecule has 0 unspecified atom stereocenters. The number of rotatable bonds is 8. The van der Waals surface area contributed by atoms with Crippen molar-refractivity contribution >= 4 is 39.4 Å². The summed E-state index contributed by atoms with van der Waals surface area (Å²) in [7, 11) is 0. The molecule has 0 spiro atoms. The van der Waals surface area contributed by atoms with Crippen molar-refractivity contribution in [2.75, 3.05) is 11.9 Å². The van der Waals surface area contributed by atoms with Crippen LogP contribution in [0.5, 0.6) is 0 Å². The van der Waals surface area contributed by atoms with Crippen molar-refractivity contribution in [3.63, 3.8) is 0 Å². The number of carbonyl (C=O) groups excluding carboxylic acids is 1. The molecule has 0 saturated heterocycles. The van der Waals surface area contributed by atoms with Crippen molar-refractivity contribution in [3.8, 4) is 0 Å². The third-order valence-corrected chi connectivity index (χ3v) is 4.34. The van der Waals surface area contributed by atoms with Gasteiger partial charge in [-0.1, -0.05) is 12.5 Å². The lowest BCUT2D eigenvalue weighted by atomic mass is 10.1. The highest BCUT2D eigenvalue weighted by Crippen LogP contribution is 2.29. The number of nitrogens with one attached hydrogen (secondary N) is 2. The van der Waals surface area contributed by atoms with Gasteiger partial charge in [-0.05, 0) is 31.0 Å². The molecule has 0 aliphatic carbocycles. The number of nitrogens with zero attached hydrogens (tertiary/aromatic N) is 2. The summed E-state index contributed by atoms with van der Waals surface area (Å²) in [4.78, 5) is 31.0. The van der Waals surface area contributed by atoms with Crippen LogP contribution < -0.4 is 10.8 Å². The topological polar surface area (TPSA) is 124 Å². The summed E-state index contributed by atoms with van der Waals surface area (Å²) in [5.74, 6) is -0.700. The zero-order valence-corrected chi connectivity index (χ0v) is 14.6. The second-order valence-corrected chi connectivity index (χ2v) is 6.19. The fourth-order valence-corrected chi connectivity index (χ4v) is 2.97. The minimum Gasteiger partial charge on any atom is -0.478 e. The van der Waals surface area contributed by atoms with Crippen molar-refractivity contribution in [3.05, 3.63) is 42.2 Å². The zero-order chi connectivity index (χ0) is 19.2. The molecule has 1 amide bonds. The van der Waals surface area contributed by atoms with Gasteiger partial charge in [-0.3, -0.25) is 15.0 Å². The van der Waals surface area contributed by atoms with Crippen LogP contribution >= 0.6 is 0 Å². The molecule has 0 radical (unpaired) electrons. The van der Waals surface area contributed by atoms with E-state index in [1.165, 1.54) is 0 Å². The van der Waals surface area contributed by atoms with E-state index in [2.05, 4.69) is 15.3 Å². The normalized spacial score (nSPS) is 10.9. The van der Waals surface area contributed by atoms with Crippen LogP contribution in [-0.2, 0) is 4.79 Å². The van der Waals surface area contributed by atoms with Crippen LogP contribution in [0.25, 0.3) is 21.7 Å². The maximum Gasteiger partial charge on any atom is 0.335 e. The number of unbranched alkanes of at least 4 members (excludes halogenated alkanes) is 2. The minimum absolute atomic E-state index is 0.186. The number of pyridine rings is 2. The molecule has 140 valence electrons. The fraction of sp³-hybridized carbons (Fsp3) is 0.263. The molecule has 0 aliphatic rings.